The Labute approximate surface area is 207 Å². The average Bonchev–Trinajstić information content (AvgIpc) is 3.46. The molecule has 1 spiro atoms. The van der Waals surface area contributed by atoms with E-state index in [2.05, 4.69) is 64.7 Å². The monoisotopic (exact) mass is 470 g/mol. The van der Waals surface area contributed by atoms with Gasteiger partial charge in [-0.1, -0.05) is 36.4 Å². The summed E-state index contributed by atoms with van der Waals surface area (Å²) in [5, 5.41) is 12.7. The summed E-state index contributed by atoms with van der Waals surface area (Å²) in [5.74, 6) is 1.01. The van der Waals surface area contributed by atoms with E-state index >= 15 is 0 Å². The zero-order chi connectivity index (χ0) is 23.8. The normalized spacial score (nSPS) is 27.6. The fourth-order valence-corrected chi connectivity index (χ4v) is 6.39. The molecule has 6 rings (SSSR count). The van der Waals surface area contributed by atoms with Crippen LogP contribution in [0.25, 0.3) is 6.08 Å². The number of benzene rings is 1. The van der Waals surface area contributed by atoms with Gasteiger partial charge in [0.2, 0.25) is 0 Å². The van der Waals surface area contributed by atoms with Gasteiger partial charge in [0.1, 0.15) is 12.4 Å². The molecule has 7 nitrogen and oxygen atoms in total. The number of hydrogen-bond acceptors (Lipinski definition) is 7. The number of allylic oxidation sites excluding steroid dienone is 1. The second kappa shape index (κ2) is 9.25. The summed E-state index contributed by atoms with van der Waals surface area (Å²) in [7, 11) is 2.17. The number of hydrogen-bond donors (Lipinski definition) is 1. The van der Waals surface area contributed by atoms with Crippen molar-refractivity contribution in [2.45, 2.75) is 56.0 Å². The standard InChI is InChI=1S/C28H34N6O/c1-33-15-4-6-22(33)19-35-27-31-25-17-28(11-8-20-5-2-3-7-24(20)28)12-9-23(25)26(32-27)34-16-14-30-21(18-34)10-13-29/h2-3,5,7-8,11,21-22,30H,4,6,9-10,12,14-19H2,1H3/t21-,22-,28?/m0/s1. The Balaban J connectivity index is 1.33. The van der Waals surface area contributed by atoms with E-state index < -0.39 is 0 Å². The van der Waals surface area contributed by atoms with Crippen LogP contribution in [0.3, 0.4) is 0 Å². The molecular formula is C28H34N6O. The molecule has 0 radical (unpaired) electrons. The maximum atomic E-state index is 9.24. The molecule has 1 aromatic heterocycles. The Morgan fingerprint density at radius 1 is 1.26 bits per heavy atom. The summed E-state index contributed by atoms with van der Waals surface area (Å²) < 4.78 is 6.28. The SMILES string of the molecule is CN1CCC[C@H]1COc1nc2c(c(N3CCN[C@@H](CC#N)C3)n1)CCC1(C=Cc3ccccc31)C2. The van der Waals surface area contributed by atoms with Crippen LogP contribution >= 0.6 is 0 Å². The first-order valence-corrected chi connectivity index (χ1v) is 13.0. The lowest BCUT2D eigenvalue weighted by molar-refractivity contribution is 0.187. The minimum atomic E-state index is 0.00491. The summed E-state index contributed by atoms with van der Waals surface area (Å²) in [6, 6.07) is 12.2. The highest BCUT2D eigenvalue weighted by atomic mass is 16.5. The number of piperazine rings is 1. The van der Waals surface area contributed by atoms with Crippen LogP contribution in [0.2, 0.25) is 0 Å². The van der Waals surface area contributed by atoms with E-state index in [0.29, 0.717) is 25.1 Å². The quantitative estimate of drug-likeness (QED) is 0.720. The molecule has 1 N–H and O–H groups in total. The smallest absolute Gasteiger partial charge is 0.318 e. The summed E-state index contributed by atoms with van der Waals surface area (Å²) in [4.78, 5) is 14.7. The summed E-state index contributed by atoms with van der Waals surface area (Å²) in [6.07, 6.45) is 10.4. The molecular weight excluding hydrogens is 436 g/mol. The Morgan fingerprint density at radius 2 is 2.17 bits per heavy atom. The van der Waals surface area contributed by atoms with Crippen molar-refractivity contribution >= 4 is 11.9 Å². The van der Waals surface area contributed by atoms with Gasteiger partial charge in [0.25, 0.3) is 0 Å². The Morgan fingerprint density at radius 3 is 3.03 bits per heavy atom. The number of nitrogens with one attached hydrogen (secondary N) is 1. The van der Waals surface area contributed by atoms with E-state index in [4.69, 9.17) is 14.7 Å². The van der Waals surface area contributed by atoms with Gasteiger partial charge in [-0.15, -0.1) is 0 Å². The first-order valence-electron chi connectivity index (χ1n) is 13.0. The van der Waals surface area contributed by atoms with Crippen molar-refractivity contribution in [1.82, 2.24) is 20.2 Å². The molecule has 3 atom stereocenters. The summed E-state index contributed by atoms with van der Waals surface area (Å²) in [6.45, 7) is 4.27. The van der Waals surface area contributed by atoms with E-state index in [0.717, 1.165) is 63.4 Å². The number of ether oxygens (including phenoxy) is 1. The van der Waals surface area contributed by atoms with Gasteiger partial charge in [-0.25, -0.2) is 0 Å². The molecule has 35 heavy (non-hydrogen) atoms. The molecule has 7 heteroatoms. The molecule has 2 aromatic rings. The lowest BCUT2D eigenvalue weighted by Gasteiger charge is -2.38. The highest BCUT2D eigenvalue weighted by Gasteiger charge is 2.40. The number of likely N-dealkylation sites (tertiary alicyclic amines) is 1. The molecule has 182 valence electrons. The van der Waals surface area contributed by atoms with Gasteiger partial charge >= 0.3 is 6.01 Å². The van der Waals surface area contributed by atoms with Crippen LogP contribution in [0.5, 0.6) is 6.01 Å². The minimum Gasteiger partial charge on any atom is -0.462 e. The number of nitriles is 1. The number of fused-ring (bicyclic) bond motifs is 3. The van der Waals surface area contributed by atoms with Gasteiger partial charge in [0.15, 0.2) is 0 Å². The van der Waals surface area contributed by atoms with Crippen LogP contribution in [0, 0.1) is 11.3 Å². The second-order valence-corrected chi connectivity index (χ2v) is 10.6. The van der Waals surface area contributed by atoms with Crippen LogP contribution in [-0.4, -0.2) is 66.8 Å². The van der Waals surface area contributed by atoms with E-state index in [1.807, 2.05) is 0 Å². The Bertz CT molecular complexity index is 1170. The van der Waals surface area contributed by atoms with Gasteiger partial charge in [0.05, 0.1) is 18.2 Å². The van der Waals surface area contributed by atoms with E-state index in [9.17, 15) is 5.26 Å². The van der Waals surface area contributed by atoms with Crippen molar-refractivity contribution in [2.24, 2.45) is 0 Å². The number of likely N-dealkylation sites (N-methyl/N-ethyl adjacent to an activating group) is 1. The molecule has 0 bridgehead atoms. The molecule has 0 amide bonds. The van der Waals surface area contributed by atoms with Crippen LogP contribution in [-0.2, 0) is 18.3 Å². The zero-order valence-corrected chi connectivity index (χ0v) is 20.5. The largest absolute Gasteiger partial charge is 0.462 e. The molecule has 1 unspecified atom stereocenters. The van der Waals surface area contributed by atoms with Crippen LogP contribution in [0.15, 0.2) is 30.3 Å². The van der Waals surface area contributed by atoms with Gasteiger partial charge in [-0.3, -0.25) is 0 Å². The number of nitrogens with zero attached hydrogens (tertiary/aromatic N) is 5. The van der Waals surface area contributed by atoms with Crippen LogP contribution in [0.4, 0.5) is 5.82 Å². The fraction of sp³-hybridized carbons (Fsp3) is 0.536. The first kappa shape index (κ1) is 22.5. The third kappa shape index (κ3) is 4.19. The maximum Gasteiger partial charge on any atom is 0.318 e. The average molecular weight is 471 g/mol. The highest BCUT2D eigenvalue weighted by Crippen LogP contribution is 2.46. The Hall–Kier alpha value is -2.95. The second-order valence-electron chi connectivity index (χ2n) is 10.6. The van der Waals surface area contributed by atoms with E-state index in [-0.39, 0.29) is 11.5 Å². The maximum absolute atomic E-state index is 9.24. The van der Waals surface area contributed by atoms with E-state index in [1.165, 1.54) is 23.1 Å². The molecule has 2 saturated heterocycles. The minimum absolute atomic E-state index is 0.00491. The number of aromatic nitrogens is 2. The molecule has 3 heterocycles. The van der Waals surface area contributed by atoms with Gasteiger partial charge < -0.3 is 19.9 Å². The van der Waals surface area contributed by atoms with Crippen molar-refractivity contribution < 1.29 is 4.74 Å². The van der Waals surface area contributed by atoms with Crippen LogP contribution < -0.4 is 15.0 Å². The highest BCUT2D eigenvalue weighted by molar-refractivity contribution is 5.67. The lowest BCUT2D eigenvalue weighted by Crippen LogP contribution is -2.51. The molecule has 0 saturated carbocycles. The number of rotatable bonds is 5. The summed E-state index contributed by atoms with van der Waals surface area (Å²) in [5.41, 5.74) is 5.12. The summed E-state index contributed by atoms with van der Waals surface area (Å²) >= 11 is 0. The molecule has 1 aromatic carbocycles. The van der Waals surface area contributed by atoms with Gasteiger partial charge in [-0.2, -0.15) is 15.2 Å². The van der Waals surface area contributed by atoms with Crippen molar-refractivity contribution in [3.05, 3.63) is 52.7 Å². The van der Waals surface area contributed by atoms with E-state index in [1.54, 1.807) is 0 Å². The Kier molecular flexibility index (Phi) is 5.95. The molecule has 4 aliphatic rings. The fourth-order valence-electron chi connectivity index (χ4n) is 6.39. The van der Waals surface area contributed by atoms with Crippen molar-refractivity contribution in [2.75, 3.05) is 44.7 Å². The third-order valence-electron chi connectivity index (χ3n) is 8.40. The van der Waals surface area contributed by atoms with Gasteiger partial charge in [0, 0.05) is 49.1 Å². The molecule has 2 fully saturated rings. The van der Waals surface area contributed by atoms with Crippen LogP contribution in [0.1, 0.15) is 48.1 Å². The number of anilines is 1. The topological polar surface area (TPSA) is 77.3 Å². The van der Waals surface area contributed by atoms with Crippen molar-refractivity contribution in [3.8, 4) is 12.1 Å². The van der Waals surface area contributed by atoms with Crippen molar-refractivity contribution in [1.29, 1.82) is 5.26 Å². The molecule has 2 aliphatic carbocycles. The predicted octanol–water partition coefficient (Wildman–Crippen LogP) is 3.09. The van der Waals surface area contributed by atoms with Crippen molar-refractivity contribution in [3.63, 3.8) is 0 Å². The zero-order valence-electron chi connectivity index (χ0n) is 20.5. The predicted molar refractivity (Wildman–Crippen MR) is 137 cm³/mol. The van der Waals surface area contributed by atoms with Gasteiger partial charge in [-0.05, 0) is 50.4 Å². The third-order valence-corrected chi connectivity index (χ3v) is 8.40. The first-order chi connectivity index (χ1) is 17.1. The lowest BCUT2D eigenvalue weighted by atomic mass is 9.70. The molecule has 2 aliphatic heterocycles.